The molecule has 0 unspecified atom stereocenters. The molecule has 0 bridgehead atoms. The number of carbonyl (C=O) groups excluding carboxylic acids is 1. The van der Waals surface area contributed by atoms with Crippen molar-refractivity contribution < 1.29 is 4.79 Å². The lowest BCUT2D eigenvalue weighted by Crippen LogP contribution is -2.41. The SMILES string of the molecule is CCCCCC(=O)NNC1=NCCCCC1. The van der Waals surface area contributed by atoms with Gasteiger partial charge in [-0.05, 0) is 19.3 Å². The Hall–Kier alpha value is -1.06. The average Bonchev–Trinajstić information content (AvgIpc) is 2.55. The molecule has 1 rings (SSSR count). The zero-order chi connectivity index (χ0) is 11.6. The van der Waals surface area contributed by atoms with Crippen molar-refractivity contribution in [2.75, 3.05) is 6.54 Å². The predicted molar refractivity (Wildman–Crippen MR) is 66.2 cm³/mol. The monoisotopic (exact) mass is 225 g/mol. The molecule has 0 aromatic carbocycles. The fraction of sp³-hybridized carbons (Fsp3) is 0.833. The normalized spacial score (nSPS) is 16.2. The molecule has 0 aromatic rings. The van der Waals surface area contributed by atoms with Crippen LogP contribution in [0, 0.1) is 0 Å². The molecule has 1 heterocycles. The molecule has 0 aromatic heterocycles. The Bertz CT molecular complexity index is 238. The molecule has 0 saturated carbocycles. The number of amidine groups is 1. The third-order valence-electron chi connectivity index (χ3n) is 2.73. The minimum absolute atomic E-state index is 0.0698. The summed E-state index contributed by atoms with van der Waals surface area (Å²) in [5, 5.41) is 0. The first-order valence-corrected chi connectivity index (χ1v) is 6.41. The van der Waals surface area contributed by atoms with Crippen molar-refractivity contribution >= 4 is 11.7 Å². The summed E-state index contributed by atoms with van der Waals surface area (Å²) < 4.78 is 0. The van der Waals surface area contributed by atoms with Gasteiger partial charge in [-0.1, -0.05) is 26.2 Å². The van der Waals surface area contributed by atoms with Crippen molar-refractivity contribution in [2.45, 2.75) is 58.3 Å². The van der Waals surface area contributed by atoms with Crippen LogP contribution in [0.25, 0.3) is 0 Å². The van der Waals surface area contributed by atoms with Crippen LogP contribution in [-0.2, 0) is 4.79 Å². The van der Waals surface area contributed by atoms with E-state index in [0.717, 1.165) is 50.9 Å². The lowest BCUT2D eigenvalue weighted by atomic mass is 10.2. The van der Waals surface area contributed by atoms with Crippen molar-refractivity contribution in [2.24, 2.45) is 4.99 Å². The minimum Gasteiger partial charge on any atom is -0.286 e. The van der Waals surface area contributed by atoms with Crippen LogP contribution in [0.5, 0.6) is 0 Å². The second-order valence-electron chi connectivity index (χ2n) is 4.27. The zero-order valence-corrected chi connectivity index (χ0v) is 10.2. The fourth-order valence-corrected chi connectivity index (χ4v) is 1.72. The fourth-order valence-electron chi connectivity index (χ4n) is 1.72. The Labute approximate surface area is 97.9 Å². The number of hydrogen-bond donors (Lipinski definition) is 2. The van der Waals surface area contributed by atoms with Gasteiger partial charge in [-0.2, -0.15) is 0 Å². The Kier molecular flexibility index (Phi) is 6.61. The van der Waals surface area contributed by atoms with E-state index in [1.807, 2.05) is 0 Å². The standard InChI is InChI=1S/C12H23N3O/c1-2-3-5-9-12(16)15-14-11-8-6-4-7-10-13-11/h2-10H2,1H3,(H,13,14)(H,15,16). The first-order valence-electron chi connectivity index (χ1n) is 6.41. The molecule has 0 saturated heterocycles. The van der Waals surface area contributed by atoms with Gasteiger partial charge in [-0.25, -0.2) is 0 Å². The number of nitrogens with one attached hydrogen (secondary N) is 2. The van der Waals surface area contributed by atoms with E-state index in [1.54, 1.807) is 0 Å². The summed E-state index contributed by atoms with van der Waals surface area (Å²) in [5.41, 5.74) is 5.66. The molecule has 1 amide bonds. The molecule has 0 atom stereocenters. The molecule has 2 N–H and O–H groups in total. The number of amides is 1. The van der Waals surface area contributed by atoms with Gasteiger partial charge in [0, 0.05) is 19.4 Å². The highest BCUT2D eigenvalue weighted by molar-refractivity contribution is 5.85. The minimum atomic E-state index is 0.0698. The van der Waals surface area contributed by atoms with E-state index < -0.39 is 0 Å². The van der Waals surface area contributed by atoms with E-state index in [4.69, 9.17) is 0 Å². The molecular formula is C12H23N3O. The van der Waals surface area contributed by atoms with Crippen LogP contribution in [0.15, 0.2) is 4.99 Å². The number of nitrogens with zero attached hydrogens (tertiary/aromatic N) is 1. The Balaban J connectivity index is 2.12. The largest absolute Gasteiger partial charge is 0.286 e. The summed E-state index contributed by atoms with van der Waals surface area (Å²) in [6.07, 6.45) is 8.36. The first kappa shape index (κ1) is 13.0. The van der Waals surface area contributed by atoms with Crippen molar-refractivity contribution in [3.63, 3.8) is 0 Å². The van der Waals surface area contributed by atoms with E-state index in [-0.39, 0.29) is 5.91 Å². The van der Waals surface area contributed by atoms with Crippen LogP contribution in [0.2, 0.25) is 0 Å². The number of aliphatic imine (C=N–C) groups is 1. The molecule has 0 radical (unpaired) electrons. The second kappa shape index (κ2) is 8.13. The number of rotatable bonds is 4. The Morgan fingerprint density at radius 1 is 1.31 bits per heavy atom. The van der Waals surface area contributed by atoms with Crippen molar-refractivity contribution in [3.8, 4) is 0 Å². The number of carbonyl (C=O) groups is 1. The van der Waals surface area contributed by atoms with Gasteiger partial charge in [0.05, 0.1) is 0 Å². The van der Waals surface area contributed by atoms with Crippen LogP contribution in [0.3, 0.4) is 0 Å². The summed E-state index contributed by atoms with van der Waals surface area (Å²) in [7, 11) is 0. The number of unbranched alkanes of at least 4 members (excludes halogenated alkanes) is 2. The molecular weight excluding hydrogens is 202 g/mol. The van der Waals surface area contributed by atoms with Crippen LogP contribution in [0.4, 0.5) is 0 Å². The summed E-state index contributed by atoms with van der Waals surface area (Å²) >= 11 is 0. The molecule has 4 heteroatoms. The molecule has 0 fully saturated rings. The van der Waals surface area contributed by atoms with E-state index in [9.17, 15) is 4.79 Å². The predicted octanol–water partition coefficient (Wildman–Crippen LogP) is 2.16. The van der Waals surface area contributed by atoms with Gasteiger partial charge in [0.1, 0.15) is 5.84 Å². The molecule has 4 nitrogen and oxygen atoms in total. The number of hydrogen-bond acceptors (Lipinski definition) is 3. The molecule has 16 heavy (non-hydrogen) atoms. The van der Waals surface area contributed by atoms with E-state index in [1.165, 1.54) is 6.42 Å². The molecule has 1 aliphatic rings. The summed E-state index contributed by atoms with van der Waals surface area (Å²) in [6.45, 7) is 3.02. The highest BCUT2D eigenvalue weighted by Gasteiger charge is 2.05. The Morgan fingerprint density at radius 3 is 3.00 bits per heavy atom. The maximum Gasteiger partial charge on any atom is 0.238 e. The van der Waals surface area contributed by atoms with Crippen LogP contribution >= 0.6 is 0 Å². The summed E-state index contributed by atoms with van der Waals surface area (Å²) in [6, 6.07) is 0. The number of hydrazine groups is 1. The topological polar surface area (TPSA) is 53.5 Å². The first-order chi connectivity index (χ1) is 7.83. The van der Waals surface area contributed by atoms with Gasteiger partial charge >= 0.3 is 0 Å². The average molecular weight is 225 g/mol. The van der Waals surface area contributed by atoms with Gasteiger partial charge in [-0.3, -0.25) is 20.6 Å². The zero-order valence-electron chi connectivity index (χ0n) is 10.2. The highest BCUT2D eigenvalue weighted by atomic mass is 16.2. The quantitative estimate of drug-likeness (QED) is 0.569. The van der Waals surface area contributed by atoms with E-state index in [2.05, 4.69) is 22.8 Å². The lowest BCUT2D eigenvalue weighted by Gasteiger charge is -2.09. The van der Waals surface area contributed by atoms with Gasteiger partial charge in [0.2, 0.25) is 5.91 Å². The molecule has 92 valence electrons. The van der Waals surface area contributed by atoms with Gasteiger partial charge in [0.15, 0.2) is 0 Å². The van der Waals surface area contributed by atoms with Crippen LogP contribution in [0.1, 0.15) is 58.3 Å². The van der Waals surface area contributed by atoms with Crippen LogP contribution < -0.4 is 10.9 Å². The van der Waals surface area contributed by atoms with Crippen molar-refractivity contribution in [1.29, 1.82) is 0 Å². The molecule has 0 spiro atoms. The lowest BCUT2D eigenvalue weighted by molar-refractivity contribution is -0.121. The maximum absolute atomic E-state index is 11.4. The third-order valence-corrected chi connectivity index (χ3v) is 2.73. The van der Waals surface area contributed by atoms with E-state index >= 15 is 0 Å². The van der Waals surface area contributed by atoms with Crippen molar-refractivity contribution in [1.82, 2.24) is 10.9 Å². The second-order valence-corrected chi connectivity index (χ2v) is 4.27. The smallest absolute Gasteiger partial charge is 0.238 e. The summed E-state index contributed by atoms with van der Waals surface area (Å²) in [5.74, 6) is 1.00. The summed E-state index contributed by atoms with van der Waals surface area (Å²) in [4.78, 5) is 15.8. The van der Waals surface area contributed by atoms with Gasteiger partial charge in [0.25, 0.3) is 0 Å². The highest BCUT2D eigenvalue weighted by Crippen LogP contribution is 2.05. The van der Waals surface area contributed by atoms with Gasteiger partial charge < -0.3 is 0 Å². The molecule has 0 aliphatic carbocycles. The van der Waals surface area contributed by atoms with Crippen LogP contribution in [-0.4, -0.2) is 18.3 Å². The van der Waals surface area contributed by atoms with Gasteiger partial charge in [-0.15, -0.1) is 0 Å². The third kappa shape index (κ3) is 5.73. The molecule has 1 aliphatic heterocycles. The van der Waals surface area contributed by atoms with E-state index in [0.29, 0.717) is 6.42 Å². The maximum atomic E-state index is 11.4. The Morgan fingerprint density at radius 2 is 2.19 bits per heavy atom. The van der Waals surface area contributed by atoms with Crippen molar-refractivity contribution in [3.05, 3.63) is 0 Å².